The van der Waals surface area contributed by atoms with Crippen molar-refractivity contribution in [1.82, 2.24) is 4.90 Å². The van der Waals surface area contributed by atoms with E-state index in [0.717, 1.165) is 23.0 Å². The van der Waals surface area contributed by atoms with Crippen LogP contribution in [0.5, 0.6) is 0 Å². The van der Waals surface area contributed by atoms with Crippen molar-refractivity contribution >= 4 is 17.4 Å². The van der Waals surface area contributed by atoms with E-state index in [9.17, 15) is 0 Å². The topological polar surface area (TPSA) is 15.6 Å². The van der Waals surface area contributed by atoms with Gasteiger partial charge in [-0.2, -0.15) is 0 Å². The summed E-state index contributed by atoms with van der Waals surface area (Å²) in [5.74, 6) is 4.35. The first-order valence-electron chi connectivity index (χ1n) is 6.46. The van der Waals surface area contributed by atoms with Crippen LogP contribution in [-0.4, -0.2) is 24.8 Å². The summed E-state index contributed by atoms with van der Waals surface area (Å²) in [5, 5.41) is 0.746. The molecular formula is C15H23ClN2. The second kappa shape index (κ2) is 5.80. The van der Waals surface area contributed by atoms with Gasteiger partial charge in [-0.15, -0.1) is 6.42 Å². The Morgan fingerprint density at radius 3 is 2.39 bits per heavy atom. The maximum Gasteiger partial charge on any atom is 0.101 e. The molecule has 0 aromatic rings. The number of hydrogen-bond acceptors (Lipinski definition) is 1. The highest BCUT2D eigenvalue weighted by Crippen LogP contribution is 2.51. The molecular weight excluding hydrogens is 244 g/mol. The maximum atomic E-state index is 6.55. The molecule has 0 radical (unpaired) electrons. The number of amidine groups is 1. The van der Waals surface area contributed by atoms with Crippen molar-refractivity contribution in [3.05, 3.63) is 10.7 Å². The minimum Gasteiger partial charge on any atom is -0.366 e. The molecule has 18 heavy (non-hydrogen) atoms. The SMILES string of the molecule is C#CC(C)(/C(Cl)=C(/CC)N=C(C)N(C)C)C1CC1. The molecule has 3 heteroatoms. The molecule has 0 bridgehead atoms. The average molecular weight is 267 g/mol. The van der Waals surface area contributed by atoms with E-state index >= 15 is 0 Å². The van der Waals surface area contributed by atoms with E-state index < -0.39 is 0 Å². The summed E-state index contributed by atoms with van der Waals surface area (Å²) >= 11 is 6.55. The Balaban J connectivity index is 3.14. The molecule has 1 rings (SSSR count). The Morgan fingerprint density at radius 2 is 2.06 bits per heavy atom. The summed E-state index contributed by atoms with van der Waals surface area (Å²) in [6, 6.07) is 0. The Kier molecular flexibility index (Phi) is 4.87. The molecule has 0 heterocycles. The van der Waals surface area contributed by atoms with Gasteiger partial charge < -0.3 is 4.90 Å². The van der Waals surface area contributed by atoms with Crippen molar-refractivity contribution in [3.8, 4) is 12.3 Å². The van der Waals surface area contributed by atoms with E-state index in [1.54, 1.807) is 0 Å². The van der Waals surface area contributed by atoms with Crippen molar-refractivity contribution in [3.63, 3.8) is 0 Å². The Bertz CT molecular complexity index is 411. The molecule has 0 amide bonds. The van der Waals surface area contributed by atoms with Crippen LogP contribution < -0.4 is 0 Å². The minimum atomic E-state index is -0.344. The maximum absolute atomic E-state index is 6.55. The molecule has 1 aliphatic carbocycles. The fourth-order valence-electron chi connectivity index (χ4n) is 1.90. The van der Waals surface area contributed by atoms with Gasteiger partial charge in [-0.05, 0) is 39.0 Å². The van der Waals surface area contributed by atoms with Gasteiger partial charge in [-0.25, -0.2) is 4.99 Å². The van der Waals surface area contributed by atoms with Gasteiger partial charge in [0.1, 0.15) is 5.84 Å². The fourth-order valence-corrected chi connectivity index (χ4v) is 2.28. The molecule has 0 N–H and O–H groups in total. The van der Waals surface area contributed by atoms with E-state index in [-0.39, 0.29) is 5.41 Å². The summed E-state index contributed by atoms with van der Waals surface area (Å²) in [4.78, 5) is 6.59. The summed E-state index contributed by atoms with van der Waals surface area (Å²) in [7, 11) is 3.95. The summed E-state index contributed by atoms with van der Waals surface area (Å²) in [6.45, 7) is 6.10. The van der Waals surface area contributed by atoms with Gasteiger partial charge >= 0.3 is 0 Å². The highest BCUT2D eigenvalue weighted by atomic mass is 35.5. The molecule has 1 fully saturated rings. The summed E-state index contributed by atoms with van der Waals surface area (Å²) in [5.41, 5.74) is 0.568. The lowest BCUT2D eigenvalue weighted by atomic mass is 9.84. The molecule has 1 unspecified atom stereocenters. The molecule has 0 aliphatic heterocycles. The van der Waals surface area contributed by atoms with Crippen LogP contribution >= 0.6 is 11.6 Å². The third kappa shape index (κ3) is 3.09. The van der Waals surface area contributed by atoms with Gasteiger partial charge in [0.15, 0.2) is 0 Å². The molecule has 0 saturated heterocycles. The number of terminal acetylenes is 1. The van der Waals surface area contributed by atoms with E-state index in [1.807, 2.05) is 25.9 Å². The number of allylic oxidation sites excluding steroid dienone is 2. The molecule has 1 atom stereocenters. The van der Waals surface area contributed by atoms with Crippen molar-refractivity contribution in [2.75, 3.05) is 14.1 Å². The number of aliphatic imine (C=N–C) groups is 1. The highest BCUT2D eigenvalue weighted by Gasteiger charge is 2.43. The first kappa shape index (κ1) is 15.1. The van der Waals surface area contributed by atoms with Crippen molar-refractivity contribution in [2.24, 2.45) is 16.3 Å². The zero-order valence-electron chi connectivity index (χ0n) is 12.0. The zero-order valence-corrected chi connectivity index (χ0v) is 12.8. The van der Waals surface area contributed by atoms with Gasteiger partial charge in [0.05, 0.1) is 16.1 Å². The second-order valence-electron chi connectivity index (χ2n) is 5.29. The minimum absolute atomic E-state index is 0.344. The van der Waals surface area contributed by atoms with Crippen LogP contribution in [0.15, 0.2) is 15.7 Å². The zero-order chi connectivity index (χ0) is 13.9. The smallest absolute Gasteiger partial charge is 0.101 e. The second-order valence-corrected chi connectivity index (χ2v) is 5.67. The van der Waals surface area contributed by atoms with Gasteiger partial charge in [0.2, 0.25) is 0 Å². The standard InChI is InChI=1S/C15H23ClN2/c1-7-13(17-11(3)18(5)6)14(16)15(4,8-2)12-9-10-12/h2,12H,7,9-10H2,1,3-6H3/b14-13+,17-11?. The third-order valence-corrected chi connectivity index (χ3v) is 4.29. The Morgan fingerprint density at radius 1 is 1.50 bits per heavy atom. The molecule has 1 saturated carbocycles. The van der Waals surface area contributed by atoms with Gasteiger partial charge in [0, 0.05) is 14.1 Å². The van der Waals surface area contributed by atoms with E-state index in [0.29, 0.717) is 5.92 Å². The number of hydrogen-bond donors (Lipinski definition) is 0. The normalized spacial score (nSPS) is 20.8. The summed E-state index contributed by atoms with van der Waals surface area (Å²) < 4.78 is 0. The summed E-state index contributed by atoms with van der Waals surface area (Å²) in [6.07, 6.45) is 8.85. The average Bonchev–Trinajstić information content (AvgIpc) is 3.17. The van der Waals surface area contributed by atoms with Gasteiger partial charge in [0.25, 0.3) is 0 Å². The molecule has 0 spiro atoms. The number of nitrogens with zero attached hydrogens (tertiary/aromatic N) is 2. The van der Waals surface area contributed by atoms with Crippen LogP contribution in [0.1, 0.15) is 40.0 Å². The van der Waals surface area contributed by atoms with Crippen LogP contribution in [0.3, 0.4) is 0 Å². The van der Waals surface area contributed by atoms with Gasteiger partial charge in [-0.3, -0.25) is 0 Å². The van der Waals surface area contributed by atoms with E-state index in [1.165, 1.54) is 12.8 Å². The first-order chi connectivity index (χ1) is 8.36. The predicted octanol–water partition coefficient (Wildman–Crippen LogP) is 3.88. The number of halogens is 1. The Labute approximate surface area is 116 Å². The lowest BCUT2D eigenvalue weighted by Crippen LogP contribution is -2.21. The first-order valence-corrected chi connectivity index (χ1v) is 6.84. The Hall–Kier alpha value is -0.940. The largest absolute Gasteiger partial charge is 0.366 e. The fraction of sp³-hybridized carbons (Fsp3) is 0.667. The van der Waals surface area contributed by atoms with Gasteiger partial charge in [-0.1, -0.05) is 24.4 Å². The van der Waals surface area contributed by atoms with E-state index in [2.05, 4.69) is 24.8 Å². The molecule has 2 nitrogen and oxygen atoms in total. The van der Waals surface area contributed by atoms with Crippen LogP contribution in [0, 0.1) is 23.7 Å². The molecule has 0 aromatic carbocycles. The van der Waals surface area contributed by atoms with E-state index in [4.69, 9.17) is 18.0 Å². The van der Waals surface area contributed by atoms with Crippen LogP contribution in [0.2, 0.25) is 0 Å². The van der Waals surface area contributed by atoms with Crippen LogP contribution in [0.4, 0.5) is 0 Å². The highest BCUT2D eigenvalue weighted by molar-refractivity contribution is 6.31. The molecule has 1 aliphatic rings. The molecule has 100 valence electrons. The van der Waals surface area contributed by atoms with Crippen molar-refractivity contribution in [1.29, 1.82) is 0 Å². The van der Waals surface area contributed by atoms with Crippen molar-refractivity contribution in [2.45, 2.75) is 40.0 Å². The predicted molar refractivity (Wildman–Crippen MR) is 79.6 cm³/mol. The lowest BCUT2D eigenvalue weighted by molar-refractivity contribution is 0.478. The third-order valence-electron chi connectivity index (χ3n) is 3.68. The lowest BCUT2D eigenvalue weighted by Gasteiger charge is -2.24. The monoisotopic (exact) mass is 266 g/mol. The number of rotatable bonds is 4. The quantitative estimate of drug-likeness (QED) is 0.428. The van der Waals surface area contributed by atoms with Crippen molar-refractivity contribution < 1.29 is 0 Å². The molecule has 0 aromatic heterocycles. The van der Waals surface area contributed by atoms with Crippen LogP contribution in [0.25, 0.3) is 0 Å². The van der Waals surface area contributed by atoms with Crippen LogP contribution in [-0.2, 0) is 0 Å².